The first-order chi connectivity index (χ1) is 8.47. The normalized spacial score (nSPS) is 22.9. The Kier molecular flexibility index (Phi) is 5.12. The van der Waals surface area contributed by atoms with E-state index in [-0.39, 0.29) is 31.3 Å². The Hall–Kier alpha value is -1.59. The quantitative estimate of drug-likeness (QED) is 0.731. The SMILES string of the molecule is CCOC(=O)CCC(=O)N1CCC(C)C1C(=O)O. The van der Waals surface area contributed by atoms with Gasteiger partial charge >= 0.3 is 11.9 Å². The molecule has 1 fully saturated rings. The largest absolute Gasteiger partial charge is 0.480 e. The number of esters is 1. The van der Waals surface area contributed by atoms with Crippen molar-refractivity contribution < 1.29 is 24.2 Å². The molecule has 0 saturated carbocycles. The number of hydrogen-bond donors (Lipinski definition) is 1. The van der Waals surface area contributed by atoms with Crippen LogP contribution in [0.2, 0.25) is 0 Å². The van der Waals surface area contributed by atoms with E-state index in [0.717, 1.165) is 0 Å². The van der Waals surface area contributed by atoms with Gasteiger partial charge in [-0.15, -0.1) is 0 Å². The zero-order chi connectivity index (χ0) is 13.7. The van der Waals surface area contributed by atoms with Gasteiger partial charge in [0.15, 0.2) is 0 Å². The molecule has 1 amide bonds. The third-order valence-electron chi connectivity index (χ3n) is 3.12. The highest BCUT2D eigenvalue weighted by atomic mass is 16.5. The third kappa shape index (κ3) is 3.45. The molecule has 2 atom stereocenters. The summed E-state index contributed by atoms with van der Waals surface area (Å²) < 4.78 is 4.72. The molecule has 18 heavy (non-hydrogen) atoms. The van der Waals surface area contributed by atoms with E-state index in [1.807, 2.05) is 6.92 Å². The number of aliphatic carboxylic acids is 1. The van der Waals surface area contributed by atoms with Gasteiger partial charge in [-0.3, -0.25) is 9.59 Å². The molecule has 0 spiro atoms. The molecule has 6 heteroatoms. The molecule has 1 saturated heterocycles. The highest BCUT2D eigenvalue weighted by molar-refractivity contribution is 5.86. The van der Waals surface area contributed by atoms with E-state index in [4.69, 9.17) is 9.84 Å². The fourth-order valence-corrected chi connectivity index (χ4v) is 2.19. The second-order valence-electron chi connectivity index (χ2n) is 4.44. The van der Waals surface area contributed by atoms with E-state index in [1.165, 1.54) is 4.90 Å². The fraction of sp³-hybridized carbons (Fsp3) is 0.750. The van der Waals surface area contributed by atoms with Crippen LogP contribution in [0.15, 0.2) is 0 Å². The number of carbonyl (C=O) groups excluding carboxylic acids is 2. The summed E-state index contributed by atoms with van der Waals surface area (Å²) in [5.41, 5.74) is 0. The van der Waals surface area contributed by atoms with Crippen LogP contribution in [0.3, 0.4) is 0 Å². The van der Waals surface area contributed by atoms with Crippen molar-refractivity contribution >= 4 is 17.8 Å². The van der Waals surface area contributed by atoms with Crippen molar-refractivity contribution in [3.63, 3.8) is 0 Å². The summed E-state index contributed by atoms with van der Waals surface area (Å²) >= 11 is 0. The fourth-order valence-electron chi connectivity index (χ4n) is 2.19. The third-order valence-corrected chi connectivity index (χ3v) is 3.12. The maximum absolute atomic E-state index is 11.9. The van der Waals surface area contributed by atoms with Crippen LogP contribution < -0.4 is 0 Å². The molecule has 6 nitrogen and oxygen atoms in total. The summed E-state index contributed by atoms with van der Waals surface area (Å²) in [6.45, 7) is 4.24. The number of carboxylic acid groups (broad SMARTS) is 1. The summed E-state index contributed by atoms with van der Waals surface area (Å²) in [7, 11) is 0. The summed E-state index contributed by atoms with van der Waals surface area (Å²) in [5.74, 6) is -1.75. The van der Waals surface area contributed by atoms with Crippen LogP contribution in [0.5, 0.6) is 0 Å². The molecular formula is C12H19NO5. The molecule has 2 unspecified atom stereocenters. The highest BCUT2D eigenvalue weighted by Gasteiger charge is 2.39. The molecule has 102 valence electrons. The van der Waals surface area contributed by atoms with Gasteiger partial charge in [0, 0.05) is 13.0 Å². The van der Waals surface area contributed by atoms with Gasteiger partial charge in [-0.1, -0.05) is 6.92 Å². The second-order valence-corrected chi connectivity index (χ2v) is 4.44. The van der Waals surface area contributed by atoms with Gasteiger partial charge in [0.1, 0.15) is 6.04 Å². The van der Waals surface area contributed by atoms with Crippen LogP contribution in [-0.2, 0) is 19.1 Å². The Morgan fingerprint density at radius 1 is 1.33 bits per heavy atom. The van der Waals surface area contributed by atoms with Crippen LogP contribution in [-0.4, -0.2) is 47.0 Å². The van der Waals surface area contributed by atoms with Crippen LogP contribution in [0.25, 0.3) is 0 Å². The Labute approximate surface area is 106 Å². The monoisotopic (exact) mass is 257 g/mol. The Balaban J connectivity index is 2.51. The number of rotatable bonds is 5. The van der Waals surface area contributed by atoms with Crippen molar-refractivity contribution in [3.8, 4) is 0 Å². The molecule has 0 bridgehead atoms. The summed E-state index contributed by atoms with van der Waals surface area (Å²) in [4.78, 5) is 35.4. The molecule has 0 aromatic rings. The Morgan fingerprint density at radius 2 is 2.00 bits per heavy atom. The second kappa shape index (κ2) is 6.37. The number of amides is 1. The maximum Gasteiger partial charge on any atom is 0.326 e. The first-order valence-electron chi connectivity index (χ1n) is 6.15. The lowest BCUT2D eigenvalue weighted by atomic mass is 10.0. The van der Waals surface area contributed by atoms with Gasteiger partial charge in [0.05, 0.1) is 13.0 Å². The minimum absolute atomic E-state index is 0.00386. The van der Waals surface area contributed by atoms with Crippen LogP contribution in [0.1, 0.15) is 33.1 Å². The zero-order valence-corrected chi connectivity index (χ0v) is 10.7. The molecule has 1 rings (SSSR count). The van der Waals surface area contributed by atoms with Gasteiger partial charge in [-0.05, 0) is 19.3 Å². The first kappa shape index (κ1) is 14.5. The van der Waals surface area contributed by atoms with E-state index in [1.54, 1.807) is 6.92 Å². The predicted molar refractivity (Wildman–Crippen MR) is 62.8 cm³/mol. The molecule has 0 aromatic heterocycles. The number of carboxylic acids is 1. The van der Waals surface area contributed by atoms with E-state index in [2.05, 4.69) is 0 Å². The lowest BCUT2D eigenvalue weighted by Crippen LogP contribution is -2.42. The van der Waals surface area contributed by atoms with E-state index in [0.29, 0.717) is 13.0 Å². The van der Waals surface area contributed by atoms with Gasteiger partial charge in [0.2, 0.25) is 5.91 Å². The van der Waals surface area contributed by atoms with Gasteiger partial charge in [-0.2, -0.15) is 0 Å². The average molecular weight is 257 g/mol. The number of ether oxygens (including phenoxy) is 1. The topological polar surface area (TPSA) is 83.9 Å². The lowest BCUT2D eigenvalue weighted by Gasteiger charge is -2.23. The van der Waals surface area contributed by atoms with Crippen molar-refractivity contribution in [2.75, 3.05) is 13.2 Å². The summed E-state index contributed by atoms with van der Waals surface area (Å²) in [5, 5.41) is 9.08. The maximum atomic E-state index is 11.9. The van der Waals surface area contributed by atoms with Crippen LogP contribution in [0, 0.1) is 5.92 Å². The minimum atomic E-state index is -0.982. The number of nitrogens with zero attached hydrogens (tertiary/aromatic N) is 1. The van der Waals surface area contributed by atoms with Gasteiger partial charge < -0.3 is 14.7 Å². The molecule has 1 N–H and O–H groups in total. The smallest absolute Gasteiger partial charge is 0.326 e. The number of hydrogen-bond acceptors (Lipinski definition) is 4. The van der Waals surface area contributed by atoms with Gasteiger partial charge in [0.25, 0.3) is 0 Å². The zero-order valence-electron chi connectivity index (χ0n) is 10.7. The van der Waals surface area contributed by atoms with Crippen molar-refractivity contribution in [2.45, 2.75) is 39.2 Å². The molecule has 1 aliphatic rings. The lowest BCUT2D eigenvalue weighted by molar-refractivity contribution is -0.150. The Morgan fingerprint density at radius 3 is 2.56 bits per heavy atom. The molecule has 0 radical (unpaired) electrons. The van der Waals surface area contributed by atoms with Crippen molar-refractivity contribution in [1.29, 1.82) is 0 Å². The van der Waals surface area contributed by atoms with E-state index in [9.17, 15) is 14.4 Å². The standard InChI is InChI=1S/C12H19NO5/c1-3-18-10(15)5-4-9(14)13-7-6-8(2)11(13)12(16)17/h8,11H,3-7H2,1-2H3,(H,16,17). The highest BCUT2D eigenvalue weighted by Crippen LogP contribution is 2.25. The predicted octanol–water partition coefficient (Wildman–Crippen LogP) is 0.651. The van der Waals surface area contributed by atoms with E-state index < -0.39 is 18.0 Å². The molecule has 0 aromatic carbocycles. The molecule has 0 aliphatic carbocycles. The Bertz CT molecular complexity index is 341. The van der Waals surface area contributed by atoms with E-state index >= 15 is 0 Å². The van der Waals surface area contributed by atoms with Crippen molar-refractivity contribution in [2.24, 2.45) is 5.92 Å². The molecule has 1 aliphatic heterocycles. The molecular weight excluding hydrogens is 238 g/mol. The number of likely N-dealkylation sites (tertiary alicyclic amines) is 1. The minimum Gasteiger partial charge on any atom is -0.480 e. The summed E-state index contributed by atoms with van der Waals surface area (Å²) in [6, 6.07) is -0.764. The van der Waals surface area contributed by atoms with Crippen LogP contribution >= 0.6 is 0 Å². The first-order valence-corrected chi connectivity index (χ1v) is 6.15. The van der Waals surface area contributed by atoms with Crippen molar-refractivity contribution in [3.05, 3.63) is 0 Å². The average Bonchev–Trinajstić information content (AvgIpc) is 2.68. The molecule has 1 heterocycles. The van der Waals surface area contributed by atoms with Crippen LogP contribution in [0.4, 0.5) is 0 Å². The van der Waals surface area contributed by atoms with Crippen molar-refractivity contribution in [1.82, 2.24) is 4.90 Å². The van der Waals surface area contributed by atoms with Gasteiger partial charge in [-0.25, -0.2) is 4.79 Å². The number of carbonyl (C=O) groups is 3. The summed E-state index contributed by atoms with van der Waals surface area (Å²) in [6.07, 6.45) is 0.696.